The number of hydrogen-bond acceptors (Lipinski definition) is 1. The molecule has 1 nitrogen and oxygen atoms in total. The van der Waals surface area contributed by atoms with Crippen LogP contribution in [0.5, 0.6) is 0 Å². The molecule has 0 radical (unpaired) electrons. The van der Waals surface area contributed by atoms with Gasteiger partial charge in [-0.1, -0.05) is 146 Å². The zero-order chi connectivity index (χ0) is 29.3. The van der Waals surface area contributed by atoms with Gasteiger partial charge in [-0.3, -0.25) is 0 Å². The molecule has 208 valence electrons. The van der Waals surface area contributed by atoms with E-state index in [9.17, 15) is 0 Å². The van der Waals surface area contributed by atoms with Crippen LogP contribution in [-0.4, -0.2) is 0 Å². The molecule has 44 heavy (non-hydrogen) atoms. The van der Waals surface area contributed by atoms with Crippen molar-refractivity contribution in [1.29, 1.82) is 0 Å². The molecule has 8 rings (SSSR count). The highest BCUT2D eigenvalue weighted by Gasteiger charge is 2.15. The maximum Gasteiger partial charge on any atom is 0.136 e. The molecule has 0 unspecified atom stereocenters. The minimum atomic E-state index is 0.877. The fourth-order valence-corrected chi connectivity index (χ4v) is 6.41. The normalized spacial score (nSPS) is 11.9. The Kier molecular flexibility index (Phi) is 6.62. The predicted molar refractivity (Wildman–Crippen MR) is 186 cm³/mol. The highest BCUT2D eigenvalue weighted by molar-refractivity contribution is 6.22. The Bertz CT molecular complexity index is 2290. The van der Waals surface area contributed by atoms with Crippen molar-refractivity contribution in [2.24, 2.45) is 0 Å². The zero-order valence-electron chi connectivity index (χ0n) is 24.3. The minimum Gasteiger partial charge on any atom is -0.456 e. The van der Waals surface area contributed by atoms with Crippen LogP contribution in [-0.2, 0) is 6.42 Å². The van der Waals surface area contributed by atoms with Gasteiger partial charge in [0.25, 0.3) is 0 Å². The highest BCUT2D eigenvalue weighted by Crippen LogP contribution is 2.41. The van der Waals surface area contributed by atoms with E-state index in [0.29, 0.717) is 0 Å². The molecule has 0 spiro atoms. The van der Waals surface area contributed by atoms with Crippen molar-refractivity contribution >= 4 is 38.3 Å². The van der Waals surface area contributed by atoms with E-state index in [1.165, 1.54) is 66.1 Å². The smallest absolute Gasteiger partial charge is 0.136 e. The summed E-state index contributed by atoms with van der Waals surface area (Å²) in [6.07, 6.45) is 3.23. The van der Waals surface area contributed by atoms with Gasteiger partial charge >= 0.3 is 0 Å². The van der Waals surface area contributed by atoms with Crippen molar-refractivity contribution < 1.29 is 4.42 Å². The van der Waals surface area contributed by atoms with Gasteiger partial charge in [-0.05, 0) is 86.0 Å². The zero-order valence-corrected chi connectivity index (χ0v) is 24.3. The number of fused-ring (bicyclic) bond motifs is 5. The second kappa shape index (κ2) is 11.2. The molecule has 1 aromatic heterocycles. The molecule has 0 aliphatic rings. The van der Waals surface area contributed by atoms with Crippen LogP contribution in [0.4, 0.5) is 0 Å². The molecule has 0 fully saturated rings. The lowest BCUT2D eigenvalue weighted by Gasteiger charge is -2.12. The van der Waals surface area contributed by atoms with Gasteiger partial charge in [-0.2, -0.15) is 0 Å². The van der Waals surface area contributed by atoms with E-state index in [-0.39, 0.29) is 0 Å². The third-order valence-corrected chi connectivity index (χ3v) is 8.54. The first kappa shape index (κ1) is 26.0. The van der Waals surface area contributed by atoms with Crippen LogP contribution in [0, 0.1) is 0 Å². The Morgan fingerprint density at radius 1 is 0.477 bits per heavy atom. The van der Waals surface area contributed by atoms with Gasteiger partial charge in [0.15, 0.2) is 0 Å². The number of allylic oxidation sites excluding steroid dienone is 1. The molecular weight excluding hydrogens is 532 g/mol. The van der Waals surface area contributed by atoms with E-state index < -0.39 is 0 Å². The lowest BCUT2D eigenvalue weighted by Crippen LogP contribution is -1.91. The fraction of sp³-hybridized carbons (Fsp3) is 0.0233. The molecule has 0 bridgehead atoms. The number of rotatable bonds is 6. The second-order valence-corrected chi connectivity index (χ2v) is 11.3. The van der Waals surface area contributed by atoms with E-state index in [2.05, 4.69) is 170 Å². The number of hydrogen-bond donors (Lipinski definition) is 0. The van der Waals surface area contributed by atoms with Crippen molar-refractivity contribution in [3.8, 4) is 22.3 Å². The first-order chi connectivity index (χ1) is 21.8. The monoisotopic (exact) mass is 562 g/mol. The van der Waals surface area contributed by atoms with Crippen LogP contribution in [0.15, 0.2) is 174 Å². The van der Waals surface area contributed by atoms with Crippen LogP contribution in [0.1, 0.15) is 16.7 Å². The summed E-state index contributed by atoms with van der Waals surface area (Å²) in [6, 6.07) is 58.4. The lowest BCUT2D eigenvalue weighted by atomic mass is 9.91. The maximum absolute atomic E-state index is 6.37. The van der Waals surface area contributed by atoms with Gasteiger partial charge in [-0.15, -0.1) is 0 Å². The first-order valence-corrected chi connectivity index (χ1v) is 15.2. The van der Waals surface area contributed by atoms with Gasteiger partial charge in [-0.25, -0.2) is 0 Å². The molecule has 0 atom stereocenters. The molecule has 8 aromatic rings. The SMILES string of the molecule is C(/Cc1ccccc1)=C(/c1ccccc1)c1cccc(-c2cccc(-c3cccc4oc5ccc6ccccc6c5c34)c2)c1. The van der Waals surface area contributed by atoms with E-state index in [0.717, 1.165) is 17.6 Å². The molecule has 0 aliphatic heterocycles. The Morgan fingerprint density at radius 3 is 2.00 bits per heavy atom. The Balaban J connectivity index is 1.23. The molecule has 0 saturated heterocycles. The van der Waals surface area contributed by atoms with Gasteiger partial charge < -0.3 is 4.42 Å². The summed E-state index contributed by atoms with van der Waals surface area (Å²) in [5.41, 5.74) is 11.6. The van der Waals surface area contributed by atoms with Gasteiger partial charge in [0.1, 0.15) is 11.2 Å². The van der Waals surface area contributed by atoms with Crippen molar-refractivity contribution in [3.63, 3.8) is 0 Å². The van der Waals surface area contributed by atoms with Crippen molar-refractivity contribution in [2.75, 3.05) is 0 Å². The van der Waals surface area contributed by atoms with Gasteiger partial charge in [0.2, 0.25) is 0 Å². The predicted octanol–water partition coefficient (Wildman–Crippen LogP) is 11.7. The van der Waals surface area contributed by atoms with Crippen LogP contribution >= 0.6 is 0 Å². The van der Waals surface area contributed by atoms with Crippen LogP contribution < -0.4 is 0 Å². The van der Waals surface area contributed by atoms with Crippen molar-refractivity contribution in [2.45, 2.75) is 6.42 Å². The molecule has 0 saturated carbocycles. The molecule has 7 aromatic carbocycles. The average Bonchev–Trinajstić information content (AvgIpc) is 3.49. The first-order valence-electron chi connectivity index (χ1n) is 15.2. The second-order valence-electron chi connectivity index (χ2n) is 11.3. The van der Waals surface area contributed by atoms with Gasteiger partial charge in [0.05, 0.1) is 0 Å². The molecule has 0 N–H and O–H groups in total. The summed E-state index contributed by atoms with van der Waals surface area (Å²) in [7, 11) is 0. The van der Waals surface area contributed by atoms with Crippen LogP contribution in [0.3, 0.4) is 0 Å². The third-order valence-electron chi connectivity index (χ3n) is 8.54. The topological polar surface area (TPSA) is 13.1 Å². The fourth-order valence-electron chi connectivity index (χ4n) is 6.41. The summed E-state index contributed by atoms with van der Waals surface area (Å²) in [6.45, 7) is 0. The Hall–Kier alpha value is -5.66. The molecule has 1 heterocycles. The van der Waals surface area contributed by atoms with Crippen LogP contribution in [0.2, 0.25) is 0 Å². The molecule has 1 heteroatoms. The maximum atomic E-state index is 6.37. The minimum absolute atomic E-state index is 0.877. The Labute approximate surface area is 257 Å². The largest absolute Gasteiger partial charge is 0.456 e. The highest BCUT2D eigenvalue weighted by atomic mass is 16.3. The van der Waals surface area contributed by atoms with E-state index in [1.807, 2.05) is 0 Å². The number of benzene rings is 7. The summed E-state index contributed by atoms with van der Waals surface area (Å²) < 4.78 is 6.37. The van der Waals surface area contributed by atoms with E-state index >= 15 is 0 Å². The molecule has 0 aliphatic carbocycles. The molecular formula is C43H30O. The lowest BCUT2D eigenvalue weighted by molar-refractivity contribution is 0.669. The Morgan fingerprint density at radius 2 is 1.14 bits per heavy atom. The summed E-state index contributed by atoms with van der Waals surface area (Å²) in [4.78, 5) is 0. The van der Waals surface area contributed by atoms with Crippen molar-refractivity contribution in [3.05, 3.63) is 187 Å². The summed E-state index contributed by atoms with van der Waals surface area (Å²) in [5, 5.41) is 4.78. The summed E-state index contributed by atoms with van der Waals surface area (Å²) in [5.74, 6) is 0. The van der Waals surface area contributed by atoms with E-state index in [4.69, 9.17) is 4.42 Å². The van der Waals surface area contributed by atoms with E-state index in [1.54, 1.807) is 0 Å². The van der Waals surface area contributed by atoms with Gasteiger partial charge in [0, 0.05) is 10.8 Å². The number of furan rings is 1. The van der Waals surface area contributed by atoms with Crippen LogP contribution in [0.25, 0.3) is 60.5 Å². The molecule has 0 amide bonds. The standard InChI is InChI=1S/C43H30O/c1-3-12-30(13-4-1)24-26-37(31-14-5-2-6-15-31)35-19-9-17-33(28-35)34-18-10-20-36(29-34)39-22-11-23-40-43(39)42-38-21-8-7-16-32(38)25-27-41(42)44-40/h1-23,25-29H,24H2/b37-26+. The summed E-state index contributed by atoms with van der Waals surface area (Å²) >= 11 is 0. The third kappa shape index (κ3) is 4.79. The quantitative estimate of drug-likeness (QED) is 0.196. The van der Waals surface area contributed by atoms with Crippen molar-refractivity contribution in [1.82, 2.24) is 0 Å². The average molecular weight is 563 g/mol.